The maximum absolute atomic E-state index is 11.1. The van der Waals surface area contributed by atoms with Gasteiger partial charge in [-0.3, -0.25) is 0 Å². The van der Waals surface area contributed by atoms with Crippen LogP contribution in [-0.2, 0) is 30.3 Å². The molecule has 0 saturated carbocycles. The van der Waals surface area contributed by atoms with E-state index in [1.807, 2.05) is 4.90 Å². The van der Waals surface area contributed by atoms with Gasteiger partial charge in [0.2, 0.25) is 10.0 Å². The summed E-state index contributed by atoms with van der Waals surface area (Å²) in [6.07, 6.45) is 2.04. The predicted octanol–water partition coefficient (Wildman–Crippen LogP) is -7.06. The molecule has 0 bridgehead atoms. The van der Waals surface area contributed by atoms with Gasteiger partial charge >= 0.3 is 103 Å². The summed E-state index contributed by atoms with van der Waals surface area (Å²) >= 11 is 0. The van der Waals surface area contributed by atoms with Crippen molar-refractivity contribution in [2.75, 3.05) is 43.6 Å². The zero-order valence-corrected chi connectivity index (χ0v) is 24.6. The van der Waals surface area contributed by atoms with Gasteiger partial charge in [-0.05, 0) is 51.7 Å². The van der Waals surface area contributed by atoms with E-state index in [2.05, 4.69) is 0 Å². The van der Waals surface area contributed by atoms with Crippen molar-refractivity contribution in [2.45, 2.75) is 32.1 Å². The van der Waals surface area contributed by atoms with Gasteiger partial charge in [0, 0.05) is 18.1 Å². The number of nitrogens with zero attached hydrogens (tertiary/aromatic N) is 2. The van der Waals surface area contributed by atoms with E-state index in [1.54, 1.807) is 0 Å². The van der Waals surface area contributed by atoms with Gasteiger partial charge in [0.25, 0.3) is 0 Å². The molecule has 0 aromatic carbocycles. The molecule has 0 aliphatic carbocycles. The first-order chi connectivity index (χ1) is 11.4. The number of sulfonamides is 1. The first-order valence-corrected chi connectivity index (χ1v) is 12.7. The van der Waals surface area contributed by atoms with Crippen molar-refractivity contribution in [3.05, 3.63) is 0 Å². The second-order valence-electron chi connectivity index (χ2n) is 6.05. The molecular formula is C12H24K2N2O8S3. The quantitative estimate of drug-likeness (QED) is 0.0983. The van der Waals surface area contributed by atoms with Crippen LogP contribution < -0.4 is 103 Å². The molecule has 27 heavy (non-hydrogen) atoms. The maximum atomic E-state index is 11.1. The maximum Gasteiger partial charge on any atom is 1.00 e. The fourth-order valence-electron chi connectivity index (χ4n) is 2.40. The summed E-state index contributed by atoms with van der Waals surface area (Å²) in [5, 5.41) is 0. The van der Waals surface area contributed by atoms with E-state index in [0.29, 0.717) is 45.4 Å². The van der Waals surface area contributed by atoms with Gasteiger partial charge in [0.15, 0.2) is 0 Å². The molecule has 0 spiro atoms. The number of rotatable bonds is 14. The van der Waals surface area contributed by atoms with Crippen molar-refractivity contribution in [3.63, 3.8) is 0 Å². The Kier molecular flexibility index (Phi) is 17.8. The average molecular weight is 499 g/mol. The largest absolute Gasteiger partial charge is 1.00 e. The molecule has 15 heteroatoms. The van der Waals surface area contributed by atoms with Gasteiger partial charge in [-0.15, -0.1) is 0 Å². The van der Waals surface area contributed by atoms with Gasteiger partial charge in [0.05, 0.1) is 20.2 Å². The third-order valence-corrected chi connectivity index (χ3v) is 6.76. The second kappa shape index (κ2) is 14.9. The fourth-order valence-corrected chi connectivity index (χ4v) is 4.62. The van der Waals surface area contributed by atoms with E-state index in [4.69, 9.17) is 0 Å². The zero-order valence-electron chi connectivity index (χ0n) is 15.9. The van der Waals surface area contributed by atoms with Crippen LogP contribution in [0.15, 0.2) is 0 Å². The standard InChI is InChI=1S/C12H26N2O8S3.2K/c15-23(16)12-14(23)9-5-8-13(6-1-3-10-24(17,18)19)7-2-4-11-25(20,21)22;;/h1-12H2,(H,17,18,19)(H,20,21,22);;/q;2*+1/p-2. The molecule has 0 N–H and O–H groups in total. The third-order valence-electron chi connectivity index (χ3n) is 3.75. The summed E-state index contributed by atoms with van der Waals surface area (Å²) in [6, 6.07) is 0. The van der Waals surface area contributed by atoms with Gasteiger partial charge < -0.3 is 14.0 Å². The van der Waals surface area contributed by atoms with Crippen molar-refractivity contribution >= 4 is 30.3 Å². The van der Waals surface area contributed by atoms with Crippen LogP contribution in [0.5, 0.6) is 0 Å². The Morgan fingerprint density at radius 1 is 0.778 bits per heavy atom. The molecule has 1 saturated heterocycles. The van der Waals surface area contributed by atoms with E-state index in [-0.39, 0.29) is 121 Å². The van der Waals surface area contributed by atoms with Crippen LogP contribution in [0.4, 0.5) is 0 Å². The molecule has 1 atom stereocenters. The molecule has 10 nitrogen and oxygen atoms in total. The molecule has 150 valence electrons. The third kappa shape index (κ3) is 18.3. The summed E-state index contributed by atoms with van der Waals surface area (Å²) < 4.78 is 87.0. The van der Waals surface area contributed by atoms with E-state index in [0.717, 1.165) is 0 Å². The molecule has 0 radical (unpaired) electrons. The molecule has 1 fully saturated rings. The Morgan fingerprint density at radius 2 is 1.15 bits per heavy atom. The van der Waals surface area contributed by atoms with Gasteiger partial charge in [-0.25, -0.2) is 25.3 Å². The van der Waals surface area contributed by atoms with Crippen LogP contribution in [0.3, 0.4) is 0 Å². The average Bonchev–Trinajstić information content (AvgIpc) is 3.04. The molecule has 1 unspecified atom stereocenters. The Hall–Kier alpha value is 2.96. The molecule has 1 aliphatic rings. The van der Waals surface area contributed by atoms with Gasteiger partial charge in [0.1, 0.15) is 5.88 Å². The molecule has 0 aromatic heterocycles. The van der Waals surface area contributed by atoms with E-state index < -0.39 is 41.8 Å². The summed E-state index contributed by atoms with van der Waals surface area (Å²) in [4.78, 5) is 1.96. The smallest absolute Gasteiger partial charge is 0.748 e. The van der Waals surface area contributed by atoms with Crippen LogP contribution in [0.1, 0.15) is 32.1 Å². The summed E-state index contributed by atoms with van der Waals surface area (Å²) in [6.45, 7) is 2.02. The Bertz CT molecular complexity index is 688. The summed E-state index contributed by atoms with van der Waals surface area (Å²) in [7, 11) is -11.5. The Labute approximate surface area is 247 Å². The van der Waals surface area contributed by atoms with Gasteiger partial charge in [-0.1, -0.05) is 0 Å². The van der Waals surface area contributed by atoms with Crippen molar-refractivity contribution in [1.29, 1.82) is 0 Å². The minimum Gasteiger partial charge on any atom is -0.748 e. The van der Waals surface area contributed by atoms with Crippen molar-refractivity contribution in [2.24, 2.45) is 0 Å². The van der Waals surface area contributed by atoms with Crippen molar-refractivity contribution in [1.82, 2.24) is 9.21 Å². The van der Waals surface area contributed by atoms with Crippen LogP contribution >= 0.6 is 0 Å². The minimum atomic E-state index is -4.24. The number of unbranched alkanes of at least 4 members (excludes halogenated alkanes) is 2. The summed E-state index contributed by atoms with van der Waals surface area (Å²) in [5.41, 5.74) is 0. The van der Waals surface area contributed by atoms with E-state index in [1.165, 1.54) is 4.31 Å². The van der Waals surface area contributed by atoms with E-state index >= 15 is 0 Å². The first-order valence-electron chi connectivity index (χ1n) is 7.96. The molecule has 0 amide bonds. The Morgan fingerprint density at radius 3 is 1.48 bits per heavy atom. The predicted molar refractivity (Wildman–Crippen MR) is 89.1 cm³/mol. The fraction of sp³-hybridized carbons (Fsp3) is 1.00. The van der Waals surface area contributed by atoms with Crippen LogP contribution in [0.25, 0.3) is 0 Å². The monoisotopic (exact) mass is 498 g/mol. The number of hydrogen-bond donors (Lipinski definition) is 0. The Balaban J connectivity index is 0. The summed E-state index contributed by atoms with van der Waals surface area (Å²) in [5.74, 6) is -0.793. The number of hydrogen-bond acceptors (Lipinski definition) is 9. The molecule has 1 heterocycles. The zero-order chi connectivity index (χ0) is 19.1. The van der Waals surface area contributed by atoms with E-state index in [9.17, 15) is 34.4 Å². The molecular weight excluding hydrogens is 475 g/mol. The van der Waals surface area contributed by atoms with Crippen LogP contribution in [0, 0.1) is 0 Å². The SMILES string of the molecule is O=S(=O)([O-])CCCCN(CCCCS(=O)(=O)[O-])CCCN1CS1(=O)=O.[K+].[K+]. The first kappa shape index (κ1) is 32.1. The van der Waals surface area contributed by atoms with Crippen molar-refractivity contribution < 1.29 is 137 Å². The normalized spacial score (nSPS) is 18.6. The minimum absolute atomic E-state index is 0. The van der Waals surface area contributed by atoms with Gasteiger partial charge in [-0.2, -0.15) is 4.31 Å². The van der Waals surface area contributed by atoms with Crippen LogP contribution in [0.2, 0.25) is 0 Å². The van der Waals surface area contributed by atoms with Crippen molar-refractivity contribution in [3.8, 4) is 0 Å². The molecule has 1 aliphatic heterocycles. The second-order valence-corrected chi connectivity index (χ2v) is 11.0. The van der Waals surface area contributed by atoms with Crippen LogP contribution in [-0.4, -0.2) is 87.1 Å². The topological polar surface area (TPSA) is 155 Å². The molecule has 1 rings (SSSR count). The molecule has 0 aromatic rings.